The number of nitrogens with zero attached hydrogens (tertiary/aromatic N) is 1. The number of benzene rings is 1. The van der Waals surface area contributed by atoms with Gasteiger partial charge in [0.15, 0.2) is 6.29 Å². The third kappa shape index (κ3) is 1.95. The molecule has 1 aromatic carbocycles. The molecule has 2 aromatic rings. The molecule has 16 heavy (non-hydrogen) atoms. The second-order valence-corrected chi connectivity index (χ2v) is 3.22. The maximum Gasteiger partial charge on any atom is 0.152 e. The Morgan fingerprint density at radius 2 is 1.94 bits per heavy atom. The van der Waals surface area contributed by atoms with E-state index in [1.165, 1.54) is 18.2 Å². The summed E-state index contributed by atoms with van der Waals surface area (Å²) in [5.74, 6) is -1.03. The van der Waals surface area contributed by atoms with Crippen LogP contribution in [0.4, 0.5) is 8.78 Å². The SMILES string of the molecule is O=Cc1cc(F)cnc1-c1cccc(F)c1. The van der Waals surface area contributed by atoms with Gasteiger partial charge in [-0.15, -0.1) is 0 Å². The van der Waals surface area contributed by atoms with Gasteiger partial charge in [0.2, 0.25) is 0 Å². The molecule has 0 spiro atoms. The molecule has 0 N–H and O–H groups in total. The highest BCUT2D eigenvalue weighted by molar-refractivity contribution is 5.85. The number of hydrogen-bond donors (Lipinski definition) is 0. The number of aldehydes is 1. The molecule has 0 atom stereocenters. The van der Waals surface area contributed by atoms with E-state index in [4.69, 9.17) is 0 Å². The molecule has 1 aromatic heterocycles. The van der Waals surface area contributed by atoms with Crippen molar-refractivity contribution in [2.45, 2.75) is 0 Å². The smallest absolute Gasteiger partial charge is 0.152 e. The summed E-state index contributed by atoms with van der Waals surface area (Å²) in [6.45, 7) is 0. The summed E-state index contributed by atoms with van der Waals surface area (Å²) in [7, 11) is 0. The molecule has 0 aliphatic rings. The van der Waals surface area contributed by atoms with Crippen molar-refractivity contribution in [1.82, 2.24) is 4.98 Å². The van der Waals surface area contributed by atoms with Gasteiger partial charge in [0.25, 0.3) is 0 Å². The van der Waals surface area contributed by atoms with Crippen LogP contribution >= 0.6 is 0 Å². The van der Waals surface area contributed by atoms with E-state index >= 15 is 0 Å². The predicted octanol–water partition coefficient (Wildman–Crippen LogP) is 2.84. The average molecular weight is 219 g/mol. The zero-order valence-corrected chi connectivity index (χ0v) is 8.15. The molecular weight excluding hydrogens is 212 g/mol. The number of carbonyl (C=O) groups is 1. The van der Waals surface area contributed by atoms with E-state index in [9.17, 15) is 13.6 Å². The normalized spacial score (nSPS) is 10.1. The first-order valence-corrected chi connectivity index (χ1v) is 4.57. The van der Waals surface area contributed by atoms with E-state index in [1.54, 1.807) is 6.07 Å². The lowest BCUT2D eigenvalue weighted by Gasteiger charge is -2.03. The van der Waals surface area contributed by atoms with Crippen molar-refractivity contribution in [3.05, 3.63) is 53.7 Å². The van der Waals surface area contributed by atoms with Gasteiger partial charge in [-0.1, -0.05) is 12.1 Å². The van der Waals surface area contributed by atoms with Gasteiger partial charge in [-0.25, -0.2) is 8.78 Å². The summed E-state index contributed by atoms with van der Waals surface area (Å²) in [6, 6.07) is 6.71. The Bertz CT molecular complexity index is 540. The highest BCUT2D eigenvalue weighted by atomic mass is 19.1. The minimum absolute atomic E-state index is 0.102. The zero-order chi connectivity index (χ0) is 11.5. The molecule has 0 saturated carbocycles. The minimum atomic E-state index is -0.595. The Kier molecular flexibility index (Phi) is 2.72. The number of pyridine rings is 1. The highest BCUT2D eigenvalue weighted by Gasteiger charge is 2.08. The lowest BCUT2D eigenvalue weighted by molar-refractivity contribution is 0.112. The molecule has 0 radical (unpaired) electrons. The molecule has 0 fully saturated rings. The van der Waals surface area contributed by atoms with E-state index in [1.807, 2.05) is 0 Å². The molecule has 0 aliphatic heterocycles. The number of aromatic nitrogens is 1. The van der Waals surface area contributed by atoms with Crippen LogP contribution in [0.5, 0.6) is 0 Å². The van der Waals surface area contributed by atoms with Gasteiger partial charge in [0.05, 0.1) is 11.9 Å². The molecule has 0 bridgehead atoms. The van der Waals surface area contributed by atoms with Crippen LogP contribution in [0.2, 0.25) is 0 Å². The molecule has 0 amide bonds. The monoisotopic (exact) mass is 219 g/mol. The third-order valence-corrected chi connectivity index (χ3v) is 2.11. The molecular formula is C12H7F2NO. The molecule has 1 heterocycles. The van der Waals surface area contributed by atoms with E-state index in [2.05, 4.69) is 4.98 Å². The molecule has 0 saturated heterocycles. The molecule has 80 valence electrons. The van der Waals surface area contributed by atoms with Crippen molar-refractivity contribution >= 4 is 6.29 Å². The number of hydrogen-bond acceptors (Lipinski definition) is 2. The molecule has 0 aliphatic carbocycles. The van der Waals surface area contributed by atoms with Crippen LogP contribution in [0, 0.1) is 11.6 Å². The topological polar surface area (TPSA) is 30.0 Å². The summed E-state index contributed by atoms with van der Waals surface area (Å²) < 4.78 is 25.8. The Hall–Kier alpha value is -2.10. The lowest BCUT2D eigenvalue weighted by atomic mass is 10.1. The van der Waals surface area contributed by atoms with E-state index in [-0.39, 0.29) is 11.3 Å². The van der Waals surface area contributed by atoms with Crippen molar-refractivity contribution in [2.75, 3.05) is 0 Å². The van der Waals surface area contributed by atoms with E-state index in [0.717, 1.165) is 12.3 Å². The average Bonchev–Trinajstić information content (AvgIpc) is 2.28. The van der Waals surface area contributed by atoms with Crippen LogP contribution in [0.3, 0.4) is 0 Å². The highest BCUT2D eigenvalue weighted by Crippen LogP contribution is 2.21. The van der Waals surface area contributed by atoms with Crippen molar-refractivity contribution in [1.29, 1.82) is 0 Å². The maximum absolute atomic E-state index is 13.0. The molecule has 0 unspecified atom stereocenters. The summed E-state index contributed by atoms with van der Waals surface area (Å²) in [5, 5.41) is 0. The van der Waals surface area contributed by atoms with Gasteiger partial charge in [-0.2, -0.15) is 0 Å². The standard InChI is InChI=1S/C12H7F2NO/c13-10-3-1-2-8(4-10)12-9(7-16)5-11(14)6-15-12/h1-7H. The number of rotatable bonds is 2. The van der Waals surface area contributed by atoms with Crippen LogP contribution in [-0.4, -0.2) is 11.3 Å². The fourth-order valence-corrected chi connectivity index (χ4v) is 1.42. The fourth-order valence-electron chi connectivity index (χ4n) is 1.42. The van der Waals surface area contributed by atoms with Gasteiger partial charge < -0.3 is 0 Å². The lowest BCUT2D eigenvalue weighted by Crippen LogP contribution is -1.93. The van der Waals surface area contributed by atoms with Gasteiger partial charge in [0, 0.05) is 11.1 Å². The largest absolute Gasteiger partial charge is 0.298 e. The Morgan fingerprint density at radius 3 is 2.62 bits per heavy atom. The molecule has 4 heteroatoms. The van der Waals surface area contributed by atoms with Crippen molar-refractivity contribution in [3.8, 4) is 11.3 Å². The first-order chi connectivity index (χ1) is 7.70. The minimum Gasteiger partial charge on any atom is -0.298 e. The predicted molar refractivity (Wildman–Crippen MR) is 55.0 cm³/mol. The van der Waals surface area contributed by atoms with Crippen LogP contribution in [0.1, 0.15) is 10.4 Å². The first-order valence-electron chi connectivity index (χ1n) is 4.57. The Morgan fingerprint density at radius 1 is 1.12 bits per heavy atom. The van der Waals surface area contributed by atoms with E-state index in [0.29, 0.717) is 11.8 Å². The number of carbonyl (C=O) groups excluding carboxylic acids is 1. The van der Waals surface area contributed by atoms with Crippen LogP contribution in [0.25, 0.3) is 11.3 Å². The summed E-state index contributed by atoms with van der Waals surface area (Å²) in [6.07, 6.45) is 1.49. The van der Waals surface area contributed by atoms with Crippen molar-refractivity contribution in [2.24, 2.45) is 0 Å². The van der Waals surface area contributed by atoms with Gasteiger partial charge >= 0.3 is 0 Å². The zero-order valence-electron chi connectivity index (χ0n) is 8.15. The van der Waals surface area contributed by atoms with Crippen molar-refractivity contribution in [3.63, 3.8) is 0 Å². The Labute approximate surface area is 90.6 Å². The van der Waals surface area contributed by atoms with Gasteiger partial charge in [-0.3, -0.25) is 9.78 Å². The summed E-state index contributed by atoms with van der Waals surface area (Å²) in [5.41, 5.74) is 0.823. The molecule has 2 nitrogen and oxygen atoms in total. The molecule has 2 rings (SSSR count). The van der Waals surface area contributed by atoms with Crippen LogP contribution < -0.4 is 0 Å². The van der Waals surface area contributed by atoms with Gasteiger partial charge in [0.1, 0.15) is 11.6 Å². The Balaban J connectivity index is 2.59. The first kappa shape index (κ1) is 10.4. The maximum atomic E-state index is 13.0. The van der Waals surface area contributed by atoms with Crippen LogP contribution in [-0.2, 0) is 0 Å². The second-order valence-electron chi connectivity index (χ2n) is 3.22. The summed E-state index contributed by atoms with van der Waals surface area (Å²) >= 11 is 0. The van der Waals surface area contributed by atoms with Crippen molar-refractivity contribution < 1.29 is 13.6 Å². The third-order valence-electron chi connectivity index (χ3n) is 2.11. The van der Waals surface area contributed by atoms with E-state index < -0.39 is 11.6 Å². The quantitative estimate of drug-likeness (QED) is 0.727. The summed E-state index contributed by atoms with van der Waals surface area (Å²) in [4.78, 5) is 14.5. The van der Waals surface area contributed by atoms with Crippen LogP contribution in [0.15, 0.2) is 36.5 Å². The second kappa shape index (κ2) is 4.18. The number of halogens is 2. The van der Waals surface area contributed by atoms with Gasteiger partial charge in [-0.05, 0) is 18.2 Å². The fraction of sp³-hybridized carbons (Fsp3) is 0.